The van der Waals surface area contributed by atoms with Gasteiger partial charge in [-0.3, -0.25) is 9.59 Å². The normalized spacial score (nSPS) is 21.7. The number of alkyl halides is 2. The fraction of sp³-hybridized carbons (Fsp3) is 0.467. The van der Waals surface area contributed by atoms with Crippen molar-refractivity contribution in [3.05, 3.63) is 29.8 Å². The van der Waals surface area contributed by atoms with Gasteiger partial charge in [0.05, 0.1) is 11.5 Å². The van der Waals surface area contributed by atoms with Gasteiger partial charge in [0.1, 0.15) is 5.75 Å². The number of benzene rings is 1. The summed E-state index contributed by atoms with van der Waals surface area (Å²) >= 11 is 0. The van der Waals surface area contributed by atoms with Gasteiger partial charge in [0.15, 0.2) is 0 Å². The highest BCUT2D eigenvalue weighted by Gasteiger charge is 2.34. The van der Waals surface area contributed by atoms with Crippen LogP contribution in [-0.2, 0) is 4.79 Å². The molecule has 7 heteroatoms. The van der Waals surface area contributed by atoms with Gasteiger partial charge in [-0.25, -0.2) is 0 Å². The molecule has 0 aromatic heterocycles. The lowest BCUT2D eigenvalue weighted by Gasteiger charge is -2.35. The second kappa shape index (κ2) is 6.72. The average molecular weight is 313 g/mol. The van der Waals surface area contributed by atoms with E-state index in [1.165, 1.54) is 23.1 Å². The third kappa shape index (κ3) is 3.52. The molecule has 1 fully saturated rings. The number of rotatable bonds is 4. The lowest BCUT2D eigenvalue weighted by atomic mass is 9.87. The van der Waals surface area contributed by atoms with E-state index in [-0.39, 0.29) is 30.3 Å². The number of hydrogen-bond acceptors (Lipinski definition) is 3. The molecule has 22 heavy (non-hydrogen) atoms. The van der Waals surface area contributed by atoms with Crippen LogP contribution in [0.2, 0.25) is 0 Å². The fourth-order valence-electron chi connectivity index (χ4n) is 2.71. The van der Waals surface area contributed by atoms with E-state index in [9.17, 15) is 18.4 Å². The van der Waals surface area contributed by atoms with Crippen LogP contribution in [0.3, 0.4) is 0 Å². The first-order valence-corrected chi connectivity index (χ1v) is 6.96. The maximum absolute atomic E-state index is 12.5. The van der Waals surface area contributed by atoms with Crippen molar-refractivity contribution in [1.82, 2.24) is 4.90 Å². The Morgan fingerprint density at radius 1 is 1.36 bits per heavy atom. The van der Waals surface area contributed by atoms with Crippen molar-refractivity contribution in [2.75, 3.05) is 13.1 Å². The molecule has 1 aliphatic rings. The summed E-state index contributed by atoms with van der Waals surface area (Å²) in [6.07, 6.45) is 0.347. The Morgan fingerprint density at radius 2 is 2.05 bits per heavy atom. The van der Waals surface area contributed by atoms with E-state index < -0.39 is 24.4 Å². The van der Waals surface area contributed by atoms with Gasteiger partial charge < -0.3 is 14.7 Å². The zero-order chi connectivity index (χ0) is 16.3. The largest absolute Gasteiger partial charge is 0.481 e. The number of hydrogen-bond donors (Lipinski definition) is 1. The van der Waals surface area contributed by atoms with Gasteiger partial charge in [-0.2, -0.15) is 8.78 Å². The Morgan fingerprint density at radius 3 is 2.64 bits per heavy atom. The average Bonchev–Trinajstić information content (AvgIpc) is 2.46. The molecule has 5 nitrogen and oxygen atoms in total. The molecule has 120 valence electrons. The molecule has 1 aromatic rings. The van der Waals surface area contributed by atoms with E-state index in [1.807, 2.05) is 0 Å². The van der Waals surface area contributed by atoms with Crippen LogP contribution in [0.1, 0.15) is 23.7 Å². The number of amides is 1. The summed E-state index contributed by atoms with van der Waals surface area (Å²) in [6, 6.07) is 5.81. The first-order chi connectivity index (χ1) is 10.4. The van der Waals surface area contributed by atoms with Crippen molar-refractivity contribution >= 4 is 11.9 Å². The summed E-state index contributed by atoms with van der Waals surface area (Å²) in [5, 5.41) is 9.09. The summed E-state index contributed by atoms with van der Waals surface area (Å²) in [5.74, 6) is -2.15. The van der Waals surface area contributed by atoms with Crippen LogP contribution in [0.4, 0.5) is 8.78 Å². The Balaban J connectivity index is 2.14. The third-order valence-corrected chi connectivity index (χ3v) is 3.84. The molecular weight excluding hydrogens is 296 g/mol. The van der Waals surface area contributed by atoms with E-state index in [2.05, 4.69) is 4.74 Å². The topological polar surface area (TPSA) is 66.8 Å². The molecule has 1 heterocycles. The lowest BCUT2D eigenvalue weighted by Crippen LogP contribution is -2.45. The molecule has 0 saturated carbocycles. The molecule has 0 bridgehead atoms. The molecule has 2 atom stereocenters. The van der Waals surface area contributed by atoms with Gasteiger partial charge in [-0.05, 0) is 24.5 Å². The number of nitrogens with zero attached hydrogens (tertiary/aromatic N) is 1. The predicted octanol–water partition coefficient (Wildman–Crippen LogP) is 2.47. The summed E-state index contributed by atoms with van der Waals surface area (Å²) in [6.45, 7) is -0.688. The first kappa shape index (κ1) is 16.2. The molecule has 0 aliphatic carbocycles. The number of ether oxygens (including phenoxy) is 1. The number of carbonyl (C=O) groups is 2. The number of carboxylic acids is 1. The second-order valence-electron chi connectivity index (χ2n) is 5.34. The highest BCUT2D eigenvalue weighted by molar-refractivity contribution is 5.97. The van der Waals surface area contributed by atoms with E-state index in [0.717, 1.165) is 0 Å². The minimum absolute atomic E-state index is 0.0591. The highest BCUT2D eigenvalue weighted by atomic mass is 19.3. The molecule has 0 spiro atoms. The Kier molecular flexibility index (Phi) is 4.95. The van der Waals surface area contributed by atoms with Gasteiger partial charge in [-0.1, -0.05) is 19.1 Å². The molecule has 1 amide bonds. The van der Waals surface area contributed by atoms with E-state index in [1.54, 1.807) is 13.0 Å². The number of halogens is 2. The number of carboxylic acid groups (broad SMARTS) is 1. The van der Waals surface area contributed by atoms with Crippen LogP contribution >= 0.6 is 0 Å². The van der Waals surface area contributed by atoms with Crippen molar-refractivity contribution < 1.29 is 28.2 Å². The van der Waals surface area contributed by atoms with Crippen molar-refractivity contribution in [1.29, 1.82) is 0 Å². The SMILES string of the molecule is CC1CN(C(=O)c2ccccc2OC(F)F)CCC1C(=O)O. The first-order valence-electron chi connectivity index (χ1n) is 6.96. The van der Waals surface area contributed by atoms with Crippen molar-refractivity contribution in [2.45, 2.75) is 20.0 Å². The number of likely N-dealkylation sites (tertiary alicyclic amines) is 1. The van der Waals surface area contributed by atoms with Gasteiger partial charge in [-0.15, -0.1) is 0 Å². The van der Waals surface area contributed by atoms with E-state index >= 15 is 0 Å². The van der Waals surface area contributed by atoms with Crippen LogP contribution < -0.4 is 4.74 Å². The molecule has 1 saturated heterocycles. The van der Waals surface area contributed by atoms with Crippen molar-refractivity contribution in [3.63, 3.8) is 0 Å². The van der Waals surface area contributed by atoms with Crippen LogP contribution in [0.15, 0.2) is 24.3 Å². The van der Waals surface area contributed by atoms with Gasteiger partial charge in [0, 0.05) is 13.1 Å². The minimum Gasteiger partial charge on any atom is -0.481 e. The minimum atomic E-state index is -3.01. The van der Waals surface area contributed by atoms with E-state index in [0.29, 0.717) is 6.42 Å². The number of para-hydroxylation sites is 1. The van der Waals surface area contributed by atoms with Crippen LogP contribution in [0.25, 0.3) is 0 Å². The standard InChI is InChI=1S/C15H17F2NO4/c1-9-8-18(7-6-10(9)14(20)21)13(19)11-4-2-3-5-12(11)22-15(16)17/h2-5,9-10,15H,6-8H2,1H3,(H,20,21). The van der Waals surface area contributed by atoms with Gasteiger partial charge >= 0.3 is 12.6 Å². The summed E-state index contributed by atoms with van der Waals surface area (Å²) < 4.78 is 29.2. The second-order valence-corrected chi connectivity index (χ2v) is 5.34. The lowest BCUT2D eigenvalue weighted by molar-refractivity contribution is -0.145. The molecule has 0 radical (unpaired) electrons. The molecule has 1 N–H and O–H groups in total. The monoisotopic (exact) mass is 313 g/mol. The number of aliphatic carboxylic acids is 1. The fourth-order valence-corrected chi connectivity index (χ4v) is 2.71. The summed E-state index contributed by atoms with van der Waals surface area (Å²) in [7, 11) is 0. The Labute approximate surface area is 126 Å². The molecule has 1 aromatic carbocycles. The highest BCUT2D eigenvalue weighted by Crippen LogP contribution is 2.27. The zero-order valence-electron chi connectivity index (χ0n) is 12.0. The van der Waals surface area contributed by atoms with Crippen LogP contribution in [-0.4, -0.2) is 41.6 Å². The molecule has 1 aliphatic heterocycles. The van der Waals surface area contributed by atoms with E-state index in [4.69, 9.17) is 5.11 Å². The predicted molar refractivity (Wildman–Crippen MR) is 73.9 cm³/mol. The number of piperidine rings is 1. The van der Waals surface area contributed by atoms with Crippen molar-refractivity contribution in [2.24, 2.45) is 11.8 Å². The maximum Gasteiger partial charge on any atom is 0.387 e. The van der Waals surface area contributed by atoms with Crippen LogP contribution in [0.5, 0.6) is 5.75 Å². The quantitative estimate of drug-likeness (QED) is 0.927. The summed E-state index contributed by atoms with van der Waals surface area (Å²) in [4.78, 5) is 25.0. The maximum atomic E-state index is 12.5. The van der Waals surface area contributed by atoms with Gasteiger partial charge in [0.25, 0.3) is 5.91 Å². The number of carbonyl (C=O) groups excluding carboxylic acids is 1. The smallest absolute Gasteiger partial charge is 0.387 e. The Hall–Kier alpha value is -2.18. The van der Waals surface area contributed by atoms with Gasteiger partial charge in [0.2, 0.25) is 0 Å². The third-order valence-electron chi connectivity index (χ3n) is 3.84. The Bertz CT molecular complexity index is 564. The molecule has 2 unspecified atom stereocenters. The zero-order valence-corrected chi connectivity index (χ0v) is 12.0. The molecular formula is C15H17F2NO4. The van der Waals surface area contributed by atoms with Crippen LogP contribution in [0, 0.1) is 11.8 Å². The summed E-state index contributed by atoms with van der Waals surface area (Å²) in [5.41, 5.74) is 0.0591. The van der Waals surface area contributed by atoms with Crippen molar-refractivity contribution in [3.8, 4) is 5.75 Å². The molecule has 2 rings (SSSR count).